The van der Waals surface area contributed by atoms with Crippen LogP contribution in [0.5, 0.6) is 0 Å². The number of aromatic nitrogens is 2. The fourth-order valence-corrected chi connectivity index (χ4v) is 1.62. The lowest BCUT2D eigenvalue weighted by Crippen LogP contribution is -2.28. The van der Waals surface area contributed by atoms with Gasteiger partial charge in [0, 0.05) is 25.2 Å². The molecule has 7 heteroatoms. The van der Waals surface area contributed by atoms with Crippen molar-refractivity contribution in [1.82, 2.24) is 15.1 Å². The number of aryl methyl sites for hydroxylation is 3. The van der Waals surface area contributed by atoms with Gasteiger partial charge in [0.25, 0.3) is 0 Å². The monoisotopic (exact) mass is 269 g/mol. The molecule has 1 rings (SSSR count). The Morgan fingerprint density at radius 1 is 1.47 bits per heavy atom. The molecule has 1 heterocycles. The second kappa shape index (κ2) is 7.52. The van der Waals surface area contributed by atoms with Crippen molar-refractivity contribution in [3.05, 3.63) is 17.5 Å². The normalized spacial score (nSPS) is 10.4. The van der Waals surface area contributed by atoms with E-state index in [1.54, 1.807) is 4.68 Å². The molecule has 0 spiro atoms. The number of rotatable bonds is 8. The molecular weight excluding hydrogens is 250 g/mol. The summed E-state index contributed by atoms with van der Waals surface area (Å²) in [5.41, 5.74) is 1.95. The number of amides is 1. The van der Waals surface area contributed by atoms with E-state index < -0.39 is 5.97 Å². The average Bonchev–Trinajstić information content (AvgIpc) is 2.64. The molecule has 0 aromatic carbocycles. The van der Waals surface area contributed by atoms with Crippen molar-refractivity contribution in [2.45, 2.75) is 26.8 Å². The number of hydrogen-bond acceptors (Lipinski definition) is 4. The largest absolute Gasteiger partial charge is 0.480 e. The minimum absolute atomic E-state index is 0.105. The molecule has 0 atom stereocenters. The molecule has 2 N–H and O–H groups in total. The predicted octanol–water partition coefficient (Wildman–Crippen LogP) is 0.107. The van der Waals surface area contributed by atoms with Crippen LogP contribution in [0.3, 0.4) is 0 Å². The second-order valence-corrected chi connectivity index (χ2v) is 4.20. The maximum absolute atomic E-state index is 11.5. The summed E-state index contributed by atoms with van der Waals surface area (Å²) < 4.78 is 6.59. The molecule has 1 aromatic heterocycles. The standard InChI is InChI=1S/C12H19N3O4/c1-9-7-10(2)15(14-9)5-3-11(16)13-4-6-19-8-12(17)18/h7H,3-6,8H2,1-2H3,(H,13,16)(H,17,18). The number of nitrogens with one attached hydrogen (secondary N) is 1. The molecule has 0 aliphatic carbocycles. The summed E-state index contributed by atoms with van der Waals surface area (Å²) in [4.78, 5) is 21.7. The second-order valence-electron chi connectivity index (χ2n) is 4.20. The summed E-state index contributed by atoms with van der Waals surface area (Å²) in [7, 11) is 0. The Kier molecular flexibility index (Phi) is 6.01. The molecule has 0 radical (unpaired) electrons. The van der Waals surface area contributed by atoms with Crippen molar-refractivity contribution in [3.8, 4) is 0 Å². The average molecular weight is 269 g/mol. The highest BCUT2D eigenvalue weighted by molar-refractivity contribution is 5.75. The summed E-state index contributed by atoms with van der Waals surface area (Å²) in [5.74, 6) is -1.12. The van der Waals surface area contributed by atoms with Crippen LogP contribution in [0, 0.1) is 13.8 Å². The Morgan fingerprint density at radius 3 is 2.79 bits per heavy atom. The molecule has 106 valence electrons. The molecule has 0 bridgehead atoms. The molecule has 0 saturated heterocycles. The predicted molar refractivity (Wildman–Crippen MR) is 67.8 cm³/mol. The van der Waals surface area contributed by atoms with Crippen LogP contribution in [0.2, 0.25) is 0 Å². The molecular formula is C12H19N3O4. The number of ether oxygens (including phenoxy) is 1. The van der Waals surface area contributed by atoms with Crippen LogP contribution >= 0.6 is 0 Å². The fraction of sp³-hybridized carbons (Fsp3) is 0.583. The maximum Gasteiger partial charge on any atom is 0.329 e. The number of carboxylic acids is 1. The van der Waals surface area contributed by atoms with Crippen LogP contribution in [0.25, 0.3) is 0 Å². The molecule has 0 saturated carbocycles. The lowest BCUT2D eigenvalue weighted by Gasteiger charge is -2.06. The van der Waals surface area contributed by atoms with E-state index in [9.17, 15) is 9.59 Å². The first-order valence-electron chi connectivity index (χ1n) is 6.06. The summed E-state index contributed by atoms with van der Waals surface area (Å²) in [6.07, 6.45) is 0.334. The maximum atomic E-state index is 11.5. The van der Waals surface area contributed by atoms with Crippen LogP contribution in [-0.2, 0) is 20.9 Å². The van der Waals surface area contributed by atoms with Gasteiger partial charge in [0.15, 0.2) is 0 Å². The first-order chi connectivity index (χ1) is 8.99. The van der Waals surface area contributed by atoms with Crippen molar-refractivity contribution in [2.24, 2.45) is 0 Å². The number of aliphatic carboxylic acids is 1. The van der Waals surface area contributed by atoms with Crippen molar-refractivity contribution < 1.29 is 19.4 Å². The molecule has 19 heavy (non-hydrogen) atoms. The summed E-state index contributed by atoms with van der Waals surface area (Å²) in [6, 6.07) is 1.96. The van der Waals surface area contributed by atoms with E-state index in [1.165, 1.54) is 0 Å². The van der Waals surface area contributed by atoms with Crippen LogP contribution in [-0.4, -0.2) is 46.5 Å². The highest BCUT2D eigenvalue weighted by Crippen LogP contribution is 2.02. The van der Waals surface area contributed by atoms with Gasteiger partial charge in [0.2, 0.25) is 5.91 Å². The Labute approximate surface area is 111 Å². The van der Waals surface area contributed by atoms with E-state index in [-0.39, 0.29) is 19.1 Å². The van der Waals surface area contributed by atoms with Gasteiger partial charge in [-0.1, -0.05) is 0 Å². The minimum Gasteiger partial charge on any atom is -0.480 e. The summed E-state index contributed by atoms with van der Waals surface area (Å²) in [6.45, 7) is 4.53. The van der Waals surface area contributed by atoms with E-state index >= 15 is 0 Å². The molecule has 7 nitrogen and oxygen atoms in total. The third-order valence-electron chi connectivity index (χ3n) is 2.45. The summed E-state index contributed by atoms with van der Waals surface area (Å²) in [5, 5.41) is 15.3. The van der Waals surface area contributed by atoms with Crippen molar-refractivity contribution in [1.29, 1.82) is 0 Å². The number of carboxylic acid groups (broad SMARTS) is 1. The number of carbonyl (C=O) groups is 2. The molecule has 1 aromatic rings. The van der Waals surface area contributed by atoms with Gasteiger partial charge in [-0.15, -0.1) is 0 Å². The first-order valence-corrected chi connectivity index (χ1v) is 6.06. The Morgan fingerprint density at radius 2 is 2.21 bits per heavy atom. The molecule has 0 aliphatic rings. The van der Waals surface area contributed by atoms with Gasteiger partial charge < -0.3 is 15.2 Å². The summed E-state index contributed by atoms with van der Waals surface area (Å²) >= 11 is 0. The lowest BCUT2D eigenvalue weighted by atomic mass is 10.3. The zero-order valence-corrected chi connectivity index (χ0v) is 11.2. The number of carbonyl (C=O) groups excluding carboxylic acids is 1. The zero-order valence-electron chi connectivity index (χ0n) is 11.2. The van der Waals surface area contributed by atoms with E-state index in [1.807, 2.05) is 19.9 Å². The lowest BCUT2D eigenvalue weighted by molar-refractivity contribution is -0.142. The van der Waals surface area contributed by atoms with Crippen molar-refractivity contribution in [3.63, 3.8) is 0 Å². The highest BCUT2D eigenvalue weighted by Gasteiger charge is 2.05. The number of nitrogens with zero attached hydrogens (tertiary/aromatic N) is 2. The quantitative estimate of drug-likeness (QED) is 0.653. The van der Waals surface area contributed by atoms with Gasteiger partial charge in [0.05, 0.1) is 12.3 Å². The molecule has 0 fully saturated rings. The molecule has 1 amide bonds. The van der Waals surface area contributed by atoms with Crippen molar-refractivity contribution in [2.75, 3.05) is 19.8 Å². The van der Waals surface area contributed by atoms with Gasteiger partial charge in [-0.25, -0.2) is 4.79 Å². The fourth-order valence-electron chi connectivity index (χ4n) is 1.62. The Balaban J connectivity index is 2.14. The van der Waals surface area contributed by atoms with E-state index in [0.717, 1.165) is 11.4 Å². The smallest absolute Gasteiger partial charge is 0.329 e. The molecule has 0 aliphatic heterocycles. The van der Waals surface area contributed by atoms with Crippen LogP contribution < -0.4 is 5.32 Å². The Bertz CT molecular complexity index is 442. The van der Waals surface area contributed by atoms with Gasteiger partial charge in [-0.05, 0) is 19.9 Å². The third kappa shape index (κ3) is 6.01. The van der Waals surface area contributed by atoms with E-state index in [4.69, 9.17) is 9.84 Å². The van der Waals surface area contributed by atoms with E-state index in [0.29, 0.717) is 19.5 Å². The van der Waals surface area contributed by atoms with Gasteiger partial charge in [-0.3, -0.25) is 9.48 Å². The minimum atomic E-state index is -1.02. The highest BCUT2D eigenvalue weighted by atomic mass is 16.5. The van der Waals surface area contributed by atoms with E-state index in [2.05, 4.69) is 10.4 Å². The van der Waals surface area contributed by atoms with Crippen LogP contribution in [0.4, 0.5) is 0 Å². The third-order valence-corrected chi connectivity index (χ3v) is 2.45. The zero-order chi connectivity index (χ0) is 14.3. The van der Waals surface area contributed by atoms with Crippen LogP contribution in [0.1, 0.15) is 17.8 Å². The Hall–Kier alpha value is -1.89. The molecule has 0 unspecified atom stereocenters. The first kappa shape index (κ1) is 15.2. The van der Waals surface area contributed by atoms with Gasteiger partial charge >= 0.3 is 5.97 Å². The van der Waals surface area contributed by atoms with Crippen LogP contribution in [0.15, 0.2) is 6.07 Å². The van der Waals surface area contributed by atoms with Crippen molar-refractivity contribution >= 4 is 11.9 Å². The number of hydrogen-bond donors (Lipinski definition) is 2. The topological polar surface area (TPSA) is 93.5 Å². The van der Waals surface area contributed by atoms with Gasteiger partial charge in [0.1, 0.15) is 6.61 Å². The van der Waals surface area contributed by atoms with Gasteiger partial charge in [-0.2, -0.15) is 5.10 Å². The SMILES string of the molecule is Cc1cc(C)n(CCC(=O)NCCOCC(=O)O)n1.